The van der Waals surface area contributed by atoms with E-state index in [0.29, 0.717) is 6.61 Å². The maximum Gasteiger partial charge on any atom is 0.137 e. The SMILES string of the molecule is CCC(C)(C)NCCOc1ccc(C)nc1. The molecule has 0 aliphatic heterocycles. The van der Waals surface area contributed by atoms with E-state index in [0.717, 1.165) is 24.4 Å². The van der Waals surface area contributed by atoms with Gasteiger partial charge in [-0.05, 0) is 39.3 Å². The van der Waals surface area contributed by atoms with E-state index >= 15 is 0 Å². The fraction of sp³-hybridized carbons (Fsp3) is 0.615. The minimum absolute atomic E-state index is 0.189. The molecule has 16 heavy (non-hydrogen) atoms. The van der Waals surface area contributed by atoms with Gasteiger partial charge >= 0.3 is 0 Å². The largest absolute Gasteiger partial charge is 0.491 e. The van der Waals surface area contributed by atoms with Gasteiger partial charge < -0.3 is 10.1 Å². The third kappa shape index (κ3) is 4.62. The van der Waals surface area contributed by atoms with Gasteiger partial charge in [0.05, 0.1) is 6.20 Å². The number of aryl methyl sites for hydroxylation is 1. The molecular weight excluding hydrogens is 200 g/mol. The molecule has 0 radical (unpaired) electrons. The minimum Gasteiger partial charge on any atom is -0.491 e. The van der Waals surface area contributed by atoms with Crippen molar-refractivity contribution in [1.82, 2.24) is 10.3 Å². The second-order valence-electron chi connectivity index (χ2n) is 4.65. The summed E-state index contributed by atoms with van der Waals surface area (Å²) < 4.78 is 5.58. The van der Waals surface area contributed by atoms with Crippen molar-refractivity contribution in [3.8, 4) is 5.75 Å². The summed E-state index contributed by atoms with van der Waals surface area (Å²) in [4.78, 5) is 4.18. The first-order valence-corrected chi connectivity index (χ1v) is 5.84. The standard InChI is InChI=1S/C13H22N2O/c1-5-13(3,4)15-8-9-16-12-7-6-11(2)14-10-12/h6-7,10,15H,5,8-9H2,1-4H3. The second kappa shape index (κ2) is 5.85. The molecular formula is C13H22N2O. The first-order valence-electron chi connectivity index (χ1n) is 5.84. The average molecular weight is 222 g/mol. The van der Waals surface area contributed by atoms with Crippen molar-refractivity contribution in [2.75, 3.05) is 13.2 Å². The van der Waals surface area contributed by atoms with Gasteiger partial charge in [-0.1, -0.05) is 6.92 Å². The number of rotatable bonds is 6. The maximum absolute atomic E-state index is 5.58. The minimum atomic E-state index is 0.189. The zero-order valence-corrected chi connectivity index (χ0v) is 10.7. The van der Waals surface area contributed by atoms with Crippen molar-refractivity contribution in [2.24, 2.45) is 0 Å². The Hall–Kier alpha value is -1.09. The number of ether oxygens (including phenoxy) is 1. The molecule has 1 N–H and O–H groups in total. The van der Waals surface area contributed by atoms with Gasteiger partial charge in [0.15, 0.2) is 0 Å². The Labute approximate surface area is 98.2 Å². The van der Waals surface area contributed by atoms with E-state index in [2.05, 4.69) is 31.1 Å². The van der Waals surface area contributed by atoms with Crippen LogP contribution in [0.5, 0.6) is 5.75 Å². The zero-order valence-electron chi connectivity index (χ0n) is 10.7. The van der Waals surface area contributed by atoms with E-state index in [9.17, 15) is 0 Å². The van der Waals surface area contributed by atoms with Crippen LogP contribution in [0.2, 0.25) is 0 Å². The summed E-state index contributed by atoms with van der Waals surface area (Å²) in [6.45, 7) is 10.1. The van der Waals surface area contributed by atoms with Crippen LogP contribution in [0.4, 0.5) is 0 Å². The van der Waals surface area contributed by atoms with Crippen LogP contribution in [0, 0.1) is 6.92 Å². The number of nitrogens with one attached hydrogen (secondary N) is 1. The predicted octanol–water partition coefficient (Wildman–Crippen LogP) is 2.55. The molecule has 0 bridgehead atoms. The van der Waals surface area contributed by atoms with E-state index in [1.165, 1.54) is 0 Å². The highest BCUT2D eigenvalue weighted by molar-refractivity contribution is 5.18. The summed E-state index contributed by atoms with van der Waals surface area (Å²) in [5.41, 5.74) is 1.20. The second-order valence-corrected chi connectivity index (χ2v) is 4.65. The molecule has 0 aliphatic rings. The highest BCUT2D eigenvalue weighted by atomic mass is 16.5. The van der Waals surface area contributed by atoms with Crippen molar-refractivity contribution >= 4 is 0 Å². The van der Waals surface area contributed by atoms with Gasteiger partial charge in [0.1, 0.15) is 12.4 Å². The number of pyridine rings is 1. The van der Waals surface area contributed by atoms with Crippen LogP contribution < -0.4 is 10.1 Å². The zero-order chi connectivity index (χ0) is 12.0. The third-order valence-electron chi connectivity index (χ3n) is 2.74. The predicted molar refractivity (Wildman–Crippen MR) is 66.8 cm³/mol. The van der Waals surface area contributed by atoms with Crippen LogP contribution in [-0.4, -0.2) is 23.7 Å². The van der Waals surface area contributed by atoms with Crippen molar-refractivity contribution in [2.45, 2.75) is 39.7 Å². The molecule has 1 heterocycles. The van der Waals surface area contributed by atoms with Crippen molar-refractivity contribution in [1.29, 1.82) is 0 Å². The summed E-state index contributed by atoms with van der Waals surface area (Å²) >= 11 is 0. The molecule has 1 rings (SSSR count). The Kier molecular flexibility index (Phi) is 4.74. The molecule has 1 aromatic heterocycles. The van der Waals surface area contributed by atoms with Crippen molar-refractivity contribution in [3.05, 3.63) is 24.0 Å². The quantitative estimate of drug-likeness (QED) is 0.751. The number of nitrogens with zero attached hydrogens (tertiary/aromatic N) is 1. The van der Waals surface area contributed by atoms with Gasteiger partial charge in [-0.2, -0.15) is 0 Å². The van der Waals surface area contributed by atoms with E-state index in [-0.39, 0.29) is 5.54 Å². The van der Waals surface area contributed by atoms with Crippen LogP contribution in [0.15, 0.2) is 18.3 Å². The molecule has 0 saturated carbocycles. The molecule has 0 saturated heterocycles. The molecule has 0 atom stereocenters. The Morgan fingerprint density at radius 3 is 2.69 bits per heavy atom. The van der Waals surface area contributed by atoms with Crippen LogP contribution in [0.25, 0.3) is 0 Å². The molecule has 3 heteroatoms. The van der Waals surface area contributed by atoms with Crippen LogP contribution >= 0.6 is 0 Å². The number of hydrogen-bond acceptors (Lipinski definition) is 3. The normalized spacial score (nSPS) is 11.5. The molecule has 1 aromatic rings. The maximum atomic E-state index is 5.58. The van der Waals surface area contributed by atoms with Crippen molar-refractivity contribution in [3.63, 3.8) is 0 Å². The Morgan fingerprint density at radius 2 is 2.12 bits per heavy atom. The first-order chi connectivity index (χ1) is 7.53. The lowest BCUT2D eigenvalue weighted by atomic mass is 10.0. The van der Waals surface area contributed by atoms with Gasteiger partial charge in [0.25, 0.3) is 0 Å². The van der Waals surface area contributed by atoms with Gasteiger partial charge in [-0.15, -0.1) is 0 Å². The van der Waals surface area contributed by atoms with E-state index < -0.39 is 0 Å². The summed E-state index contributed by atoms with van der Waals surface area (Å²) in [5.74, 6) is 0.835. The molecule has 0 fully saturated rings. The molecule has 0 aliphatic carbocycles. The molecule has 3 nitrogen and oxygen atoms in total. The van der Waals surface area contributed by atoms with Crippen LogP contribution in [0.1, 0.15) is 32.9 Å². The Bertz CT molecular complexity index is 306. The number of hydrogen-bond donors (Lipinski definition) is 1. The van der Waals surface area contributed by atoms with Gasteiger partial charge in [-0.3, -0.25) is 4.98 Å². The van der Waals surface area contributed by atoms with E-state index in [4.69, 9.17) is 4.74 Å². The lowest BCUT2D eigenvalue weighted by Crippen LogP contribution is -2.40. The summed E-state index contributed by atoms with van der Waals surface area (Å²) in [7, 11) is 0. The molecule has 0 unspecified atom stereocenters. The van der Waals surface area contributed by atoms with E-state index in [1.807, 2.05) is 19.1 Å². The van der Waals surface area contributed by atoms with Crippen molar-refractivity contribution < 1.29 is 4.74 Å². The summed E-state index contributed by atoms with van der Waals surface area (Å²) in [6.07, 6.45) is 2.87. The molecule has 0 amide bonds. The lowest BCUT2D eigenvalue weighted by Gasteiger charge is -2.24. The van der Waals surface area contributed by atoms with Gasteiger partial charge in [0.2, 0.25) is 0 Å². The highest BCUT2D eigenvalue weighted by Gasteiger charge is 2.12. The first kappa shape index (κ1) is 13.0. The van der Waals surface area contributed by atoms with Gasteiger partial charge in [0, 0.05) is 17.8 Å². The lowest BCUT2D eigenvalue weighted by molar-refractivity contribution is 0.280. The smallest absolute Gasteiger partial charge is 0.137 e. The summed E-state index contributed by atoms with van der Waals surface area (Å²) in [6, 6.07) is 3.91. The van der Waals surface area contributed by atoms with Crippen LogP contribution in [-0.2, 0) is 0 Å². The third-order valence-corrected chi connectivity index (χ3v) is 2.74. The number of aromatic nitrogens is 1. The fourth-order valence-electron chi connectivity index (χ4n) is 1.22. The molecule has 0 aromatic carbocycles. The van der Waals surface area contributed by atoms with E-state index in [1.54, 1.807) is 6.20 Å². The fourth-order valence-corrected chi connectivity index (χ4v) is 1.22. The average Bonchev–Trinajstić information content (AvgIpc) is 2.27. The Balaban J connectivity index is 2.23. The summed E-state index contributed by atoms with van der Waals surface area (Å²) in [5, 5.41) is 3.44. The monoisotopic (exact) mass is 222 g/mol. The molecule has 90 valence electrons. The van der Waals surface area contributed by atoms with Crippen LogP contribution in [0.3, 0.4) is 0 Å². The Morgan fingerprint density at radius 1 is 1.38 bits per heavy atom. The molecule has 0 spiro atoms. The van der Waals surface area contributed by atoms with Gasteiger partial charge in [-0.25, -0.2) is 0 Å². The highest BCUT2D eigenvalue weighted by Crippen LogP contribution is 2.09. The topological polar surface area (TPSA) is 34.1 Å².